The van der Waals surface area contributed by atoms with Gasteiger partial charge in [-0.1, -0.05) is 33.8 Å². The third-order valence-electron chi connectivity index (χ3n) is 2.51. The Hall–Kier alpha value is -1.47. The molecule has 0 aliphatic carbocycles. The summed E-state index contributed by atoms with van der Waals surface area (Å²) in [7, 11) is 0. The van der Waals surface area contributed by atoms with E-state index in [1.54, 1.807) is 12.1 Å². The van der Waals surface area contributed by atoms with Gasteiger partial charge in [-0.25, -0.2) is 0 Å². The lowest BCUT2D eigenvalue weighted by molar-refractivity contribution is 0.102. The molecule has 0 spiro atoms. The molecule has 0 saturated heterocycles. The number of hydrogen-bond acceptors (Lipinski definition) is 5. The van der Waals surface area contributed by atoms with Crippen molar-refractivity contribution in [1.29, 1.82) is 0 Å². The number of nitrogens with two attached hydrogens (primary N) is 1. The van der Waals surface area contributed by atoms with E-state index >= 15 is 0 Å². The summed E-state index contributed by atoms with van der Waals surface area (Å²) >= 11 is 4.43. The molecule has 0 bridgehead atoms. The van der Waals surface area contributed by atoms with Crippen LogP contribution < -0.4 is 11.1 Å². The first-order valence-electron chi connectivity index (χ1n) is 5.79. The van der Waals surface area contributed by atoms with Crippen molar-refractivity contribution in [2.45, 2.75) is 19.8 Å². The van der Waals surface area contributed by atoms with Gasteiger partial charge in [-0.05, 0) is 36.2 Å². The van der Waals surface area contributed by atoms with Gasteiger partial charge in [0, 0.05) is 4.47 Å². The Labute approximate surface area is 123 Å². The van der Waals surface area contributed by atoms with E-state index in [2.05, 4.69) is 30.8 Å². The highest BCUT2D eigenvalue weighted by Gasteiger charge is 2.16. The van der Waals surface area contributed by atoms with Crippen LogP contribution in [0.2, 0.25) is 0 Å². The van der Waals surface area contributed by atoms with Crippen molar-refractivity contribution < 1.29 is 4.79 Å². The molecule has 0 fully saturated rings. The van der Waals surface area contributed by atoms with Crippen molar-refractivity contribution in [3.8, 4) is 0 Å². The third-order valence-corrected chi connectivity index (χ3v) is 3.77. The molecule has 2 aromatic rings. The number of aromatic nitrogens is 2. The highest BCUT2D eigenvalue weighted by Crippen LogP contribution is 2.24. The minimum Gasteiger partial charge on any atom is -0.397 e. The summed E-state index contributed by atoms with van der Waals surface area (Å²) in [5, 5.41) is 6.76. The number of carbonyl (C=O) groups is 1. The van der Waals surface area contributed by atoms with Crippen LogP contribution in [0, 0.1) is 0 Å². The summed E-state index contributed by atoms with van der Waals surface area (Å²) in [6.07, 6.45) is 1.67. The number of carbonyl (C=O) groups excluding carboxylic acids is 1. The second-order valence-corrected chi connectivity index (χ2v) is 5.65. The van der Waals surface area contributed by atoms with Crippen LogP contribution in [0.5, 0.6) is 0 Å². The Morgan fingerprint density at radius 1 is 1.53 bits per heavy atom. The van der Waals surface area contributed by atoms with E-state index in [0.717, 1.165) is 34.5 Å². The standard InChI is InChI=1S/C12H13BrN4OS/c1-2-3-10-11(19-17-16-10)12(18)15-9-5-4-7(13)6-8(9)14/h4-6H,2-3,14H2,1H3,(H,15,18). The topological polar surface area (TPSA) is 80.9 Å². The van der Waals surface area contributed by atoms with Crippen molar-refractivity contribution >= 4 is 44.7 Å². The molecule has 5 nitrogen and oxygen atoms in total. The molecule has 7 heteroatoms. The largest absolute Gasteiger partial charge is 0.397 e. The Balaban J connectivity index is 2.18. The number of anilines is 2. The highest BCUT2D eigenvalue weighted by molar-refractivity contribution is 9.10. The molecule has 0 aliphatic rings. The van der Waals surface area contributed by atoms with Crippen LogP contribution >= 0.6 is 27.5 Å². The van der Waals surface area contributed by atoms with Crippen molar-refractivity contribution in [2.24, 2.45) is 0 Å². The van der Waals surface area contributed by atoms with Gasteiger partial charge in [-0.3, -0.25) is 4.79 Å². The minimum atomic E-state index is -0.215. The fourth-order valence-corrected chi connectivity index (χ4v) is 2.59. The van der Waals surface area contributed by atoms with Gasteiger partial charge in [0.1, 0.15) is 4.88 Å². The predicted octanol–water partition coefficient (Wildman–Crippen LogP) is 3.09. The molecule has 3 N–H and O–H groups in total. The van der Waals surface area contributed by atoms with Crippen LogP contribution in [-0.4, -0.2) is 15.5 Å². The molecule has 0 radical (unpaired) electrons. The van der Waals surface area contributed by atoms with Crippen molar-refractivity contribution in [3.63, 3.8) is 0 Å². The van der Waals surface area contributed by atoms with Crippen LogP contribution in [0.4, 0.5) is 11.4 Å². The van der Waals surface area contributed by atoms with Crippen molar-refractivity contribution in [2.75, 3.05) is 11.1 Å². The Bertz CT molecular complexity index is 599. The second kappa shape index (κ2) is 6.12. The molecule has 100 valence electrons. The monoisotopic (exact) mass is 340 g/mol. The summed E-state index contributed by atoms with van der Waals surface area (Å²) in [6.45, 7) is 2.04. The molecule has 1 aromatic heterocycles. The Morgan fingerprint density at radius 3 is 3.00 bits per heavy atom. The van der Waals surface area contributed by atoms with Crippen LogP contribution in [0.3, 0.4) is 0 Å². The third kappa shape index (κ3) is 3.30. The van der Waals surface area contributed by atoms with Gasteiger partial charge >= 0.3 is 0 Å². The van der Waals surface area contributed by atoms with Crippen molar-refractivity contribution in [3.05, 3.63) is 33.2 Å². The molecule has 19 heavy (non-hydrogen) atoms. The Kier molecular flexibility index (Phi) is 4.49. The lowest BCUT2D eigenvalue weighted by Gasteiger charge is -2.07. The maximum Gasteiger partial charge on any atom is 0.269 e. The molecule has 1 heterocycles. The van der Waals surface area contributed by atoms with E-state index in [4.69, 9.17) is 5.73 Å². The zero-order valence-corrected chi connectivity index (χ0v) is 12.7. The first kappa shape index (κ1) is 14.0. The maximum atomic E-state index is 12.2. The Morgan fingerprint density at radius 2 is 2.32 bits per heavy atom. The van der Waals surface area contributed by atoms with Crippen LogP contribution in [0.1, 0.15) is 28.7 Å². The summed E-state index contributed by atoms with van der Waals surface area (Å²) in [5.41, 5.74) is 7.68. The van der Waals surface area contributed by atoms with Gasteiger partial charge in [0.25, 0.3) is 5.91 Å². The molecule has 1 aromatic carbocycles. The van der Waals surface area contributed by atoms with E-state index < -0.39 is 0 Å². The normalized spacial score (nSPS) is 10.4. The fourth-order valence-electron chi connectivity index (χ4n) is 1.61. The van der Waals surface area contributed by atoms with Gasteiger partial charge in [0.05, 0.1) is 17.1 Å². The number of benzene rings is 1. The van der Waals surface area contributed by atoms with Crippen molar-refractivity contribution in [1.82, 2.24) is 9.59 Å². The lowest BCUT2D eigenvalue weighted by Crippen LogP contribution is -2.13. The molecule has 0 aliphatic heterocycles. The highest BCUT2D eigenvalue weighted by atomic mass is 79.9. The van der Waals surface area contributed by atoms with Gasteiger partial charge in [-0.2, -0.15) is 0 Å². The van der Waals surface area contributed by atoms with Gasteiger partial charge in [0.2, 0.25) is 0 Å². The van der Waals surface area contributed by atoms with E-state index in [9.17, 15) is 4.79 Å². The first-order chi connectivity index (χ1) is 9.11. The zero-order chi connectivity index (χ0) is 13.8. The number of aryl methyl sites for hydroxylation is 1. The number of hydrogen-bond donors (Lipinski definition) is 2. The van der Waals surface area contributed by atoms with E-state index in [0.29, 0.717) is 16.3 Å². The number of amides is 1. The molecular weight excluding hydrogens is 328 g/mol. The van der Waals surface area contributed by atoms with Gasteiger partial charge in [-0.15, -0.1) is 5.10 Å². The SMILES string of the molecule is CCCc1nnsc1C(=O)Nc1ccc(Br)cc1N. The second-order valence-electron chi connectivity index (χ2n) is 3.98. The number of nitrogens with zero attached hydrogens (tertiary/aromatic N) is 2. The number of nitrogen functional groups attached to an aromatic ring is 1. The quantitative estimate of drug-likeness (QED) is 0.838. The fraction of sp³-hybridized carbons (Fsp3) is 0.250. The number of rotatable bonds is 4. The van der Waals surface area contributed by atoms with Crippen LogP contribution in [0.15, 0.2) is 22.7 Å². The van der Waals surface area contributed by atoms with E-state index in [1.807, 2.05) is 13.0 Å². The van der Waals surface area contributed by atoms with E-state index in [1.165, 1.54) is 0 Å². The zero-order valence-electron chi connectivity index (χ0n) is 10.3. The minimum absolute atomic E-state index is 0.215. The molecule has 0 atom stereocenters. The van der Waals surface area contributed by atoms with E-state index in [-0.39, 0.29) is 5.91 Å². The predicted molar refractivity (Wildman–Crippen MR) is 80.4 cm³/mol. The van der Waals surface area contributed by atoms with Crippen LogP contribution in [-0.2, 0) is 6.42 Å². The summed E-state index contributed by atoms with van der Waals surface area (Å²) in [4.78, 5) is 12.7. The average Bonchev–Trinajstić information content (AvgIpc) is 2.81. The molecule has 2 rings (SSSR count). The number of nitrogens with one attached hydrogen (secondary N) is 1. The molecule has 0 saturated carbocycles. The average molecular weight is 341 g/mol. The molecule has 1 amide bonds. The first-order valence-corrected chi connectivity index (χ1v) is 7.36. The van der Waals surface area contributed by atoms with Gasteiger partial charge in [0.15, 0.2) is 0 Å². The molecule has 0 unspecified atom stereocenters. The summed E-state index contributed by atoms with van der Waals surface area (Å²) in [6, 6.07) is 5.32. The van der Waals surface area contributed by atoms with Gasteiger partial charge < -0.3 is 11.1 Å². The lowest BCUT2D eigenvalue weighted by atomic mass is 10.2. The molecular formula is C12H13BrN4OS. The smallest absolute Gasteiger partial charge is 0.269 e. The maximum absolute atomic E-state index is 12.2. The van der Waals surface area contributed by atoms with Crippen LogP contribution in [0.25, 0.3) is 0 Å². The number of halogens is 1. The summed E-state index contributed by atoms with van der Waals surface area (Å²) in [5.74, 6) is -0.215. The summed E-state index contributed by atoms with van der Waals surface area (Å²) < 4.78 is 4.70.